The average Bonchev–Trinajstić information content (AvgIpc) is 2.81. The van der Waals surface area contributed by atoms with Crippen molar-refractivity contribution in [3.63, 3.8) is 0 Å². The molecule has 0 amide bonds. The topological polar surface area (TPSA) is 68.2 Å². The number of methoxy groups -OCH3 is 1. The smallest absolute Gasteiger partial charge is 0.163 e. The fraction of sp³-hybridized carbons (Fsp3) is 1.00. The predicted molar refractivity (Wildman–Crippen MR) is 90.2 cm³/mol. The van der Waals surface area contributed by atoms with Gasteiger partial charge in [0.1, 0.15) is 0 Å². The molecule has 0 aromatic rings. The average molecular weight is 332 g/mol. The molecule has 0 radical (unpaired) electrons. The zero-order valence-corrected chi connectivity index (χ0v) is 15.5. The minimum Gasteiger partial charge on any atom is -0.391 e. The Balaban J connectivity index is 2.22. The third-order valence-electron chi connectivity index (χ3n) is 5.05. The number of rotatable bonds is 11. The zero-order valence-electron chi connectivity index (χ0n) is 15.5. The lowest BCUT2D eigenvalue weighted by Gasteiger charge is -2.34. The van der Waals surface area contributed by atoms with Crippen LogP contribution in [0, 0.1) is 11.3 Å². The van der Waals surface area contributed by atoms with Gasteiger partial charge >= 0.3 is 0 Å². The summed E-state index contributed by atoms with van der Waals surface area (Å²) in [4.78, 5) is 0. The van der Waals surface area contributed by atoms with Gasteiger partial charge in [-0.25, -0.2) is 0 Å². The molecule has 1 saturated heterocycles. The third kappa shape index (κ3) is 7.48. The van der Waals surface area contributed by atoms with Gasteiger partial charge in [-0.05, 0) is 37.5 Å². The van der Waals surface area contributed by atoms with Crippen LogP contribution in [0.2, 0.25) is 0 Å². The number of ether oxygens (including phenoxy) is 3. The normalized spacial score (nSPS) is 28.0. The summed E-state index contributed by atoms with van der Waals surface area (Å²) in [6, 6.07) is 0. The van der Waals surface area contributed by atoms with E-state index in [1.165, 1.54) is 0 Å². The van der Waals surface area contributed by atoms with Crippen LogP contribution < -0.4 is 0 Å². The van der Waals surface area contributed by atoms with Crippen molar-refractivity contribution >= 4 is 0 Å². The highest BCUT2D eigenvalue weighted by Gasteiger charge is 2.34. The van der Waals surface area contributed by atoms with Crippen LogP contribution in [-0.4, -0.2) is 55.1 Å². The molecule has 5 nitrogen and oxygen atoms in total. The first-order valence-corrected chi connectivity index (χ1v) is 8.85. The van der Waals surface area contributed by atoms with E-state index in [4.69, 9.17) is 14.2 Å². The van der Waals surface area contributed by atoms with E-state index in [9.17, 15) is 10.2 Å². The minimum atomic E-state index is -1.02. The molecule has 0 saturated carbocycles. The van der Waals surface area contributed by atoms with Gasteiger partial charge in [-0.1, -0.05) is 27.2 Å². The SMILES string of the molecule is CCC(COC)C(C)(C)CCC(O)COCC1CCC(C)(O)O1. The van der Waals surface area contributed by atoms with Gasteiger partial charge < -0.3 is 24.4 Å². The third-order valence-corrected chi connectivity index (χ3v) is 5.05. The maximum atomic E-state index is 10.1. The van der Waals surface area contributed by atoms with Crippen molar-refractivity contribution in [2.24, 2.45) is 11.3 Å². The second kappa shape index (κ2) is 9.33. The quantitative estimate of drug-likeness (QED) is 0.609. The first kappa shape index (κ1) is 20.8. The maximum absolute atomic E-state index is 10.1. The van der Waals surface area contributed by atoms with Crippen molar-refractivity contribution in [1.82, 2.24) is 0 Å². The molecule has 0 aliphatic carbocycles. The Morgan fingerprint density at radius 3 is 2.57 bits per heavy atom. The summed E-state index contributed by atoms with van der Waals surface area (Å²) in [5.74, 6) is -0.526. The molecule has 23 heavy (non-hydrogen) atoms. The van der Waals surface area contributed by atoms with Crippen LogP contribution in [-0.2, 0) is 14.2 Å². The number of hydrogen-bond acceptors (Lipinski definition) is 5. The molecule has 138 valence electrons. The van der Waals surface area contributed by atoms with Gasteiger partial charge in [0, 0.05) is 20.1 Å². The molecule has 0 spiro atoms. The van der Waals surface area contributed by atoms with Crippen LogP contribution >= 0.6 is 0 Å². The summed E-state index contributed by atoms with van der Waals surface area (Å²) in [5.41, 5.74) is 0.138. The Morgan fingerprint density at radius 1 is 1.35 bits per heavy atom. The molecule has 0 aromatic heterocycles. The Kier molecular flexibility index (Phi) is 8.45. The van der Waals surface area contributed by atoms with Gasteiger partial charge in [-0.2, -0.15) is 0 Å². The molecule has 4 atom stereocenters. The first-order chi connectivity index (χ1) is 10.7. The molecule has 1 aliphatic heterocycles. The van der Waals surface area contributed by atoms with Crippen molar-refractivity contribution in [3.05, 3.63) is 0 Å². The predicted octanol–water partition coefficient (Wildman–Crippen LogP) is 2.73. The molecule has 2 N–H and O–H groups in total. The first-order valence-electron chi connectivity index (χ1n) is 8.85. The molecule has 1 fully saturated rings. The second-order valence-corrected chi connectivity index (χ2v) is 7.73. The van der Waals surface area contributed by atoms with Crippen molar-refractivity contribution in [2.75, 3.05) is 26.9 Å². The summed E-state index contributed by atoms with van der Waals surface area (Å²) in [6.45, 7) is 9.84. The highest BCUT2D eigenvalue weighted by atomic mass is 16.6. The van der Waals surface area contributed by atoms with Crippen LogP contribution in [0.15, 0.2) is 0 Å². The molecule has 1 rings (SSSR count). The van der Waals surface area contributed by atoms with Gasteiger partial charge in [-0.15, -0.1) is 0 Å². The molecule has 5 heteroatoms. The van der Waals surface area contributed by atoms with Crippen molar-refractivity contribution < 1.29 is 24.4 Å². The van der Waals surface area contributed by atoms with Gasteiger partial charge in [0.2, 0.25) is 0 Å². The van der Waals surface area contributed by atoms with Crippen LogP contribution in [0.5, 0.6) is 0 Å². The standard InChI is InChI=1S/C18H36O5/c1-6-14(11-21-5)17(2,3)9-7-15(19)12-22-13-16-8-10-18(4,20)23-16/h14-16,19-20H,6-13H2,1-5H3. The molecule has 0 aromatic carbocycles. The largest absolute Gasteiger partial charge is 0.391 e. The summed E-state index contributed by atoms with van der Waals surface area (Å²) < 4.78 is 16.3. The number of aliphatic hydroxyl groups excluding tert-OH is 1. The molecule has 0 bridgehead atoms. The molecule has 1 aliphatic rings. The highest BCUT2D eigenvalue weighted by molar-refractivity contribution is 4.79. The molecule has 1 heterocycles. The Hall–Kier alpha value is -0.200. The van der Waals surface area contributed by atoms with E-state index < -0.39 is 11.9 Å². The van der Waals surface area contributed by atoms with Crippen LogP contribution in [0.1, 0.15) is 59.8 Å². The number of aliphatic hydroxyl groups is 2. The van der Waals surface area contributed by atoms with Gasteiger partial charge in [0.25, 0.3) is 0 Å². The summed E-state index contributed by atoms with van der Waals surface area (Å²) in [7, 11) is 1.74. The Labute approximate surface area is 141 Å². The number of hydrogen-bond donors (Lipinski definition) is 2. The van der Waals surface area contributed by atoms with E-state index in [2.05, 4.69) is 20.8 Å². The Morgan fingerprint density at radius 2 is 2.04 bits per heavy atom. The molecular weight excluding hydrogens is 296 g/mol. The zero-order chi connectivity index (χ0) is 17.5. The van der Waals surface area contributed by atoms with Gasteiger partial charge in [0.05, 0.1) is 25.4 Å². The highest BCUT2D eigenvalue weighted by Crippen LogP contribution is 2.35. The summed E-state index contributed by atoms with van der Waals surface area (Å²) in [6.07, 6.45) is 3.63. The Bertz CT molecular complexity index is 329. The van der Waals surface area contributed by atoms with Gasteiger partial charge in [-0.3, -0.25) is 0 Å². The van der Waals surface area contributed by atoms with Crippen LogP contribution in [0.3, 0.4) is 0 Å². The maximum Gasteiger partial charge on any atom is 0.163 e. The summed E-state index contributed by atoms with van der Waals surface area (Å²) >= 11 is 0. The van der Waals surface area contributed by atoms with E-state index in [1.807, 2.05) is 0 Å². The van der Waals surface area contributed by atoms with E-state index in [0.29, 0.717) is 25.6 Å². The van der Waals surface area contributed by atoms with E-state index in [0.717, 1.165) is 32.3 Å². The lowest BCUT2D eigenvalue weighted by molar-refractivity contribution is -0.188. The van der Waals surface area contributed by atoms with Crippen molar-refractivity contribution in [1.29, 1.82) is 0 Å². The van der Waals surface area contributed by atoms with Crippen molar-refractivity contribution in [3.8, 4) is 0 Å². The van der Waals surface area contributed by atoms with E-state index in [1.54, 1.807) is 14.0 Å². The van der Waals surface area contributed by atoms with Crippen molar-refractivity contribution in [2.45, 2.75) is 77.8 Å². The molecule has 4 unspecified atom stereocenters. The fourth-order valence-electron chi connectivity index (χ4n) is 3.28. The van der Waals surface area contributed by atoms with E-state index >= 15 is 0 Å². The summed E-state index contributed by atoms with van der Waals surface area (Å²) in [5, 5.41) is 19.9. The van der Waals surface area contributed by atoms with Crippen LogP contribution in [0.25, 0.3) is 0 Å². The van der Waals surface area contributed by atoms with Crippen LogP contribution in [0.4, 0.5) is 0 Å². The monoisotopic (exact) mass is 332 g/mol. The van der Waals surface area contributed by atoms with E-state index in [-0.39, 0.29) is 11.5 Å². The minimum absolute atomic E-state index is 0.0696. The lowest BCUT2D eigenvalue weighted by atomic mass is 9.74. The fourth-order valence-corrected chi connectivity index (χ4v) is 3.28. The second-order valence-electron chi connectivity index (χ2n) is 7.73. The molecular formula is C18H36O5. The van der Waals surface area contributed by atoms with Gasteiger partial charge in [0.15, 0.2) is 5.79 Å². The lowest BCUT2D eigenvalue weighted by Crippen LogP contribution is -2.30.